The van der Waals surface area contributed by atoms with Crippen LogP contribution in [0.25, 0.3) is 0 Å². The average molecular weight is 298 g/mol. The van der Waals surface area contributed by atoms with Crippen molar-refractivity contribution in [2.75, 3.05) is 46.1 Å². The van der Waals surface area contributed by atoms with E-state index in [1.807, 2.05) is 13.8 Å². The van der Waals surface area contributed by atoms with Gasteiger partial charge in [0.25, 0.3) is 0 Å². The summed E-state index contributed by atoms with van der Waals surface area (Å²) in [5, 5.41) is 0. The van der Waals surface area contributed by atoms with Crippen LogP contribution in [0.4, 0.5) is 4.79 Å². The van der Waals surface area contributed by atoms with E-state index in [1.54, 1.807) is 0 Å². The Hall–Kier alpha value is -1.14. The summed E-state index contributed by atoms with van der Waals surface area (Å²) in [5.41, 5.74) is 0. The number of carbonyl (C=O) groups is 1. The molecule has 0 aromatic rings. The largest absolute Gasteiger partial charge is 0.448 e. The zero-order valence-electron chi connectivity index (χ0n) is 13.0. The van der Waals surface area contributed by atoms with Gasteiger partial charge in [0.2, 0.25) is 0 Å². The van der Waals surface area contributed by atoms with Gasteiger partial charge in [-0.2, -0.15) is 4.99 Å². The molecular weight excluding hydrogens is 272 g/mol. The quantitative estimate of drug-likeness (QED) is 0.588. The Morgan fingerprint density at radius 3 is 2.43 bits per heavy atom. The van der Waals surface area contributed by atoms with Crippen molar-refractivity contribution in [3.63, 3.8) is 0 Å². The monoisotopic (exact) mass is 298 g/mol. The van der Waals surface area contributed by atoms with Gasteiger partial charge in [-0.1, -0.05) is 13.8 Å². The van der Waals surface area contributed by atoms with Crippen molar-refractivity contribution in [1.29, 1.82) is 0 Å². The number of amidine groups is 1. The Morgan fingerprint density at radius 1 is 1.19 bits per heavy atom. The molecule has 21 heavy (non-hydrogen) atoms. The van der Waals surface area contributed by atoms with Crippen molar-refractivity contribution in [2.45, 2.75) is 26.7 Å². The second kappa shape index (κ2) is 8.34. The average Bonchev–Trinajstić information content (AvgIpc) is 2.52. The van der Waals surface area contributed by atoms with E-state index in [0.717, 1.165) is 45.0 Å². The van der Waals surface area contributed by atoms with Crippen LogP contribution in [-0.2, 0) is 14.2 Å². The Morgan fingerprint density at radius 2 is 1.81 bits per heavy atom. The number of morpholine rings is 1. The fourth-order valence-corrected chi connectivity index (χ4v) is 2.59. The van der Waals surface area contributed by atoms with E-state index in [-0.39, 0.29) is 5.92 Å². The lowest BCUT2D eigenvalue weighted by molar-refractivity contribution is 0.0395. The lowest BCUT2D eigenvalue weighted by Gasteiger charge is -2.31. The van der Waals surface area contributed by atoms with Crippen LogP contribution in [0.3, 0.4) is 0 Å². The molecule has 0 bridgehead atoms. The van der Waals surface area contributed by atoms with Gasteiger partial charge in [-0.15, -0.1) is 0 Å². The maximum Gasteiger partial charge on any atom is 0.435 e. The van der Waals surface area contributed by atoms with Crippen molar-refractivity contribution in [3.8, 4) is 0 Å². The highest BCUT2D eigenvalue weighted by Crippen LogP contribution is 2.15. The third-order valence-electron chi connectivity index (χ3n) is 3.84. The van der Waals surface area contributed by atoms with Crippen LogP contribution in [0, 0.1) is 11.8 Å². The molecule has 0 N–H and O–H groups in total. The van der Waals surface area contributed by atoms with Gasteiger partial charge >= 0.3 is 6.09 Å². The SMILES string of the molecule is CC(C)/C(=N/C(=O)OCC1CCOCC1)N1CCOCC1. The summed E-state index contributed by atoms with van der Waals surface area (Å²) in [5.74, 6) is 1.40. The number of rotatable bonds is 3. The van der Waals surface area contributed by atoms with E-state index in [4.69, 9.17) is 14.2 Å². The van der Waals surface area contributed by atoms with E-state index >= 15 is 0 Å². The highest BCUT2D eigenvalue weighted by Gasteiger charge is 2.20. The number of amides is 1. The van der Waals surface area contributed by atoms with Crippen molar-refractivity contribution in [2.24, 2.45) is 16.8 Å². The van der Waals surface area contributed by atoms with Crippen LogP contribution in [0.15, 0.2) is 4.99 Å². The molecule has 2 heterocycles. The zero-order chi connectivity index (χ0) is 15.1. The molecule has 0 aromatic heterocycles. The summed E-state index contributed by atoms with van der Waals surface area (Å²) in [6, 6.07) is 0. The van der Waals surface area contributed by atoms with Crippen LogP contribution in [0.1, 0.15) is 26.7 Å². The molecular formula is C15H26N2O4. The molecule has 0 atom stereocenters. The van der Waals surface area contributed by atoms with E-state index in [1.165, 1.54) is 0 Å². The molecule has 0 radical (unpaired) electrons. The van der Waals surface area contributed by atoms with Gasteiger partial charge in [0.05, 0.1) is 19.8 Å². The van der Waals surface area contributed by atoms with E-state index in [2.05, 4.69) is 9.89 Å². The third-order valence-corrected chi connectivity index (χ3v) is 3.84. The topological polar surface area (TPSA) is 60.4 Å². The summed E-state index contributed by atoms with van der Waals surface area (Å²) in [6.07, 6.45) is 1.44. The summed E-state index contributed by atoms with van der Waals surface area (Å²) >= 11 is 0. The standard InChI is InChI=1S/C15H26N2O4/c1-12(2)14(17-5-9-20-10-6-17)16-15(18)21-11-13-3-7-19-8-4-13/h12-13H,3-11H2,1-2H3/b16-14-. The molecule has 2 saturated heterocycles. The maximum absolute atomic E-state index is 11.9. The van der Waals surface area contributed by atoms with Gasteiger partial charge in [-0.3, -0.25) is 0 Å². The first-order chi connectivity index (χ1) is 10.2. The molecule has 2 rings (SSSR count). The molecule has 6 nitrogen and oxygen atoms in total. The molecule has 6 heteroatoms. The molecule has 120 valence electrons. The van der Waals surface area contributed by atoms with Crippen molar-refractivity contribution < 1.29 is 19.0 Å². The van der Waals surface area contributed by atoms with Gasteiger partial charge in [0.1, 0.15) is 5.84 Å². The Kier molecular flexibility index (Phi) is 6.45. The first kappa shape index (κ1) is 16.2. The Labute approximate surface area is 126 Å². The van der Waals surface area contributed by atoms with Gasteiger partial charge < -0.3 is 19.1 Å². The second-order valence-electron chi connectivity index (χ2n) is 5.86. The van der Waals surface area contributed by atoms with Gasteiger partial charge in [0.15, 0.2) is 0 Å². The van der Waals surface area contributed by atoms with Crippen molar-refractivity contribution >= 4 is 11.9 Å². The summed E-state index contributed by atoms with van der Waals surface area (Å²) in [4.78, 5) is 18.2. The van der Waals surface area contributed by atoms with E-state index in [0.29, 0.717) is 25.7 Å². The minimum Gasteiger partial charge on any atom is -0.448 e. The molecule has 1 amide bonds. The number of ether oxygens (including phenoxy) is 3. The van der Waals surface area contributed by atoms with E-state index in [9.17, 15) is 4.79 Å². The minimum absolute atomic E-state index is 0.193. The fraction of sp³-hybridized carbons (Fsp3) is 0.867. The number of nitrogens with zero attached hydrogens (tertiary/aromatic N) is 2. The lowest BCUT2D eigenvalue weighted by Crippen LogP contribution is -2.43. The summed E-state index contributed by atoms with van der Waals surface area (Å²) in [7, 11) is 0. The highest BCUT2D eigenvalue weighted by molar-refractivity contribution is 5.93. The molecule has 2 fully saturated rings. The van der Waals surface area contributed by atoms with Crippen molar-refractivity contribution in [3.05, 3.63) is 0 Å². The minimum atomic E-state index is -0.475. The highest BCUT2D eigenvalue weighted by atomic mass is 16.5. The number of carbonyl (C=O) groups excluding carboxylic acids is 1. The number of hydrogen-bond acceptors (Lipinski definition) is 4. The van der Waals surface area contributed by atoms with Gasteiger partial charge in [0, 0.05) is 32.2 Å². The molecule has 0 spiro atoms. The second-order valence-corrected chi connectivity index (χ2v) is 5.86. The van der Waals surface area contributed by atoms with Gasteiger partial charge in [-0.05, 0) is 18.8 Å². The first-order valence-corrected chi connectivity index (χ1v) is 7.82. The molecule has 0 aromatic carbocycles. The van der Waals surface area contributed by atoms with Crippen LogP contribution in [0.5, 0.6) is 0 Å². The predicted octanol–water partition coefficient (Wildman–Crippen LogP) is 1.94. The summed E-state index contributed by atoms with van der Waals surface area (Å²) in [6.45, 7) is 8.98. The van der Waals surface area contributed by atoms with Crippen molar-refractivity contribution in [1.82, 2.24) is 4.90 Å². The van der Waals surface area contributed by atoms with E-state index < -0.39 is 6.09 Å². The van der Waals surface area contributed by atoms with Crippen LogP contribution in [0.2, 0.25) is 0 Å². The molecule has 0 unspecified atom stereocenters. The summed E-state index contributed by atoms with van der Waals surface area (Å²) < 4.78 is 15.9. The number of hydrogen-bond donors (Lipinski definition) is 0. The van der Waals surface area contributed by atoms with Crippen LogP contribution >= 0.6 is 0 Å². The zero-order valence-corrected chi connectivity index (χ0v) is 13.0. The molecule has 0 aliphatic carbocycles. The fourth-order valence-electron chi connectivity index (χ4n) is 2.59. The first-order valence-electron chi connectivity index (χ1n) is 7.82. The Bertz CT molecular complexity index is 359. The molecule has 2 aliphatic heterocycles. The molecule has 2 aliphatic rings. The smallest absolute Gasteiger partial charge is 0.435 e. The van der Waals surface area contributed by atoms with Gasteiger partial charge in [-0.25, -0.2) is 4.79 Å². The lowest BCUT2D eigenvalue weighted by atomic mass is 10.0. The number of aliphatic imine (C=N–C) groups is 1. The van der Waals surface area contributed by atoms with Crippen LogP contribution < -0.4 is 0 Å². The predicted molar refractivity (Wildman–Crippen MR) is 79.6 cm³/mol. The molecule has 0 saturated carbocycles. The maximum atomic E-state index is 11.9. The third kappa shape index (κ3) is 5.28. The Balaban J connectivity index is 1.85. The van der Waals surface area contributed by atoms with Crippen LogP contribution in [-0.4, -0.2) is 63.0 Å². The normalized spacial score (nSPS) is 21.7.